The molecular formula is C13H16BrFN2O. The molecule has 1 amide bonds. The van der Waals surface area contributed by atoms with Crippen LogP contribution in [0, 0.1) is 11.7 Å². The van der Waals surface area contributed by atoms with Gasteiger partial charge in [-0.25, -0.2) is 4.39 Å². The molecular weight excluding hydrogens is 299 g/mol. The first-order valence-corrected chi connectivity index (χ1v) is 6.76. The van der Waals surface area contributed by atoms with Gasteiger partial charge in [0.05, 0.1) is 5.56 Å². The van der Waals surface area contributed by atoms with Crippen LogP contribution in [-0.4, -0.2) is 30.4 Å². The van der Waals surface area contributed by atoms with Crippen molar-refractivity contribution in [1.82, 2.24) is 4.90 Å². The molecule has 2 N–H and O–H groups in total. The SMILES string of the molecule is CN(C(=O)c1cc(F)ccc1Br)C(CN)C1CC1. The summed E-state index contributed by atoms with van der Waals surface area (Å²) in [6.07, 6.45) is 2.23. The number of likely N-dealkylation sites (N-methyl/N-ethyl adjacent to an activating group) is 1. The standard InChI is InChI=1S/C13H16BrFN2O/c1-17(12(7-16)8-2-3-8)13(18)10-6-9(15)4-5-11(10)14/h4-6,8,12H,2-3,7,16H2,1H3. The summed E-state index contributed by atoms with van der Waals surface area (Å²) in [5.74, 6) is -0.106. The topological polar surface area (TPSA) is 46.3 Å². The fraction of sp³-hybridized carbons (Fsp3) is 0.462. The molecule has 0 saturated heterocycles. The maximum absolute atomic E-state index is 13.2. The number of rotatable bonds is 4. The van der Waals surface area contributed by atoms with Crippen LogP contribution >= 0.6 is 15.9 Å². The Morgan fingerprint density at radius 1 is 1.61 bits per heavy atom. The molecule has 0 radical (unpaired) electrons. The van der Waals surface area contributed by atoms with Crippen molar-refractivity contribution in [2.24, 2.45) is 11.7 Å². The van der Waals surface area contributed by atoms with Gasteiger partial charge in [-0.1, -0.05) is 0 Å². The summed E-state index contributed by atoms with van der Waals surface area (Å²) in [6, 6.07) is 4.17. The molecule has 1 unspecified atom stereocenters. The summed E-state index contributed by atoms with van der Waals surface area (Å²) >= 11 is 3.28. The van der Waals surface area contributed by atoms with Gasteiger partial charge >= 0.3 is 0 Å². The van der Waals surface area contributed by atoms with Crippen molar-refractivity contribution < 1.29 is 9.18 Å². The minimum absolute atomic E-state index is 0.0488. The molecule has 3 nitrogen and oxygen atoms in total. The average Bonchev–Trinajstić information content (AvgIpc) is 3.16. The van der Waals surface area contributed by atoms with Gasteiger partial charge in [-0.15, -0.1) is 0 Å². The lowest BCUT2D eigenvalue weighted by Crippen LogP contribution is -2.43. The molecule has 0 aliphatic heterocycles. The lowest BCUT2D eigenvalue weighted by Gasteiger charge is -2.27. The summed E-state index contributed by atoms with van der Waals surface area (Å²) in [4.78, 5) is 14.0. The van der Waals surface area contributed by atoms with Crippen molar-refractivity contribution in [1.29, 1.82) is 0 Å². The summed E-state index contributed by atoms with van der Waals surface area (Å²) in [6.45, 7) is 0.444. The molecule has 0 bridgehead atoms. The van der Waals surface area contributed by atoms with Gasteiger partial charge in [0.2, 0.25) is 0 Å². The van der Waals surface area contributed by atoms with Gasteiger partial charge in [-0.05, 0) is 52.9 Å². The lowest BCUT2D eigenvalue weighted by atomic mass is 10.1. The third kappa shape index (κ3) is 2.72. The highest BCUT2D eigenvalue weighted by molar-refractivity contribution is 9.10. The van der Waals surface area contributed by atoms with E-state index in [1.807, 2.05) is 0 Å². The molecule has 0 aromatic heterocycles. The molecule has 1 aromatic carbocycles. The predicted octanol–water partition coefficient (Wildman–Crippen LogP) is 2.40. The number of hydrogen-bond acceptors (Lipinski definition) is 2. The van der Waals surface area contributed by atoms with E-state index in [1.54, 1.807) is 18.0 Å². The normalized spacial score (nSPS) is 16.4. The highest BCUT2D eigenvalue weighted by Crippen LogP contribution is 2.35. The third-order valence-corrected chi connectivity index (χ3v) is 4.08. The van der Waals surface area contributed by atoms with Crippen LogP contribution in [-0.2, 0) is 0 Å². The fourth-order valence-electron chi connectivity index (χ4n) is 2.15. The highest BCUT2D eigenvalue weighted by Gasteiger charge is 2.35. The Balaban J connectivity index is 2.21. The second-order valence-corrected chi connectivity index (χ2v) is 5.54. The number of benzene rings is 1. The van der Waals surface area contributed by atoms with Crippen molar-refractivity contribution in [2.75, 3.05) is 13.6 Å². The zero-order chi connectivity index (χ0) is 13.3. The monoisotopic (exact) mass is 314 g/mol. The summed E-state index contributed by atoms with van der Waals surface area (Å²) in [7, 11) is 1.73. The lowest BCUT2D eigenvalue weighted by molar-refractivity contribution is 0.0717. The number of amides is 1. The van der Waals surface area contributed by atoms with Crippen molar-refractivity contribution in [3.63, 3.8) is 0 Å². The van der Waals surface area contributed by atoms with E-state index in [9.17, 15) is 9.18 Å². The molecule has 2 rings (SSSR count). The van der Waals surface area contributed by atoms with Gasteiger partial charge < -0.3 is 10.6 Å². The molecule has 1 saturated carbocycles. The molecule has 0 heterocycles. The van der Waals surface area contributed by atoms with Crippen LogP contribution in [0.3, 0.4) is 0 Å². The molecule has 5 heteroatoms. The Kier molecular flexibility index (Phi) is 4.02. The van der Waals surface area contributed by atoms with Crippen LogP contribution in [0.1, 0.15) is 23.2 Å². The first kappa shape index (κ1) is 13.5. The van der Waals surface area contributed by atoms with Gasteiger partial charge in [0, 0.05) is 24.1 Å². The first-order valence-electron chi connectivity index (χ1n) is 5.97. The molecule has 1 aliphatic carbocycles. The average molecular weight is 315 g/mol. The number of nitrogens with two attached hydrogens (primary N) is 1. The van der Waals surface area contributed by atoms with Crippen molar-refractivity contribution in [3.05, 3.63) is 34.1 Å². The summed E-state index contributed by atoms with van der Waals surface area (Å²) in [5.41, 5.74) is 6.06. The van der Waals surface area contributed by atoms with E-state index in [0.29, 0.717) is 22.5 Å². The number of hydrogen-bond donors (Lipinski definition) is 1. The van der Waals surface area contributed by atoms with E-state index in [0.717, 1.165) is 12.8 Å². The van der Waals surface area contributed by atoms with Gasteiger partial charge in [-0.2, -0.15) is 0 Å². The van der Waals surface area contributed by atoms with Crippen LogP contribution < -0.4 is 5.73 Å². The second-order valence-electron chi connectivity index (χ2n) is 4.68. The molecule has 0 spiro atoms. The Labute approximate surface area is 114 Å². The molecule has 1 atom stereocenters. The van der Waals surface area contributed by atoms with Crippen molar-refractivity contribution >= 4 is 21.8 Å². The Morgan fingerprint density at radius 3 is 2.83 bits per heavy atom. The zero-order valence-electron chi connectivity index (χ0n) is 10.2. The Bertz CT molecular complexity index is 462. The van der Waals surface area contributed by atoms with Crippen LogP contribution in [0.4, 0.5) is 4.39 Å². The summed E-state index contributed by atoms with van der Waals surface area (Å²) < 4.78 is 13.8. The van der Waals surface area contributed by atoms with Crippen LogP contribution in [0.5, 0.6) is 0 Å². The van der Waals surface area contributed by atoms with Gasteiger partial charge in [0.15, 0.2) is 0 Å². The van der Waals surface area contributed by atoms with Gasteiger partial charge in [-0.3, -0.25) is 4.79 Å². The highest BCUT2D eigenvalue weighted by atomic mass is 79.9. The molecule has 1 aliphatic rings. The van der Waals surface area contributed by atoms with Gasteiger partial charge in [0.25, 0.3) is 5.91 Å². The molecule has 1 aromatic rings. The largest absolute Gasteiger partial charge is 0.337 e. The number of halogens is 2. The van der Waals surface area contributed by atoms with E-state index in [-0.39, 0.29) is 11.9 Å². The van der Waals surface area contributed by atoms with Crippen LogP contribution in [0.15, 0.2) is 22.7 Å². The maximum atomic E-state index is 13.2. The van der Waals surface area contributed by atoms with Crippen LogP contribution in [0.25, 0.3) is 0 Å². The minimum atomic E-state index is -0.411. The van der Waals surface area contributed by atoms with Crippen molar-refractivity contribution in [2.45, 2.75) is 18.9 Å². The van der Waals surface area contributed by atoms with E-state index in [4.69, 9.17) is 5.73 Å². The quantitative estimate of drug-likeness (QED) is 0.927. The zero-order valence-corrected chi connectivity index (χ0v) is 11.8. The third-order valence-electron chi connectivity index (χ3n) is 3.38. The van der Waals surface area contributed by atoms with Crippen molar-refractivity contribution in [3.8, 4) is 0 Å². The fourth-order valence-corrected chi connectivity index (χ4v) is 2.57. The maximum Gasteiger partial charge on any atom is 0.255 e. The number of carbonyl (C=O) groups excluding carboxylic acids is 1. The number of carbonyl (C=O) groups is 1. The van der Waals surface area contributed by atoms with Gasteiger partial charge in [0.1, 0.15) is 5.82 Å². The smallest absolute Gasteiger partial charge is 0.255 e. The van der Waals surface area contributed by atoms with E-state index < -0.39 is 5.82 Å². The predicted molar refractivity (Wildman–Crippen MR) is 71.8 cm³/mol. The first-order chi connectivity index (χ1) is 8.54. The van der Waals surface area contributed by atoms with E-state index in [1.165, 1.54) is 12.1 Å². The Hall–Kier alpha value is -0.940. The number of nitrogens with zero attached hydrogens (tertiary/aromatic N) is 1. The summed E-state index contributed by atoms with van der Waals surface area (Å²) in [5, 5.41) is 0. The molecule has 1 fully saturated rings. The molecule has 18 heavy (non-hydrogen) atoms. The molecule has 98 valence electrons. The van der Waals surface area contributed by atoms with E-state index in [2.05, 4.69) is 15.9 Å². The Morgan fingerprint density at radius 2 is 2.28 bits per heavy atom. The second kappa shape index (κ2) is 5.36. The van der Waals surface area contributed by atoms with Crippen LogP contribution in [0.2, 0.25) is 0 Å². The van der Waals surface area contributed by atoms with E-state index >= 15 is 0 Å². The minimum Gasteiger partial charge on any atom is -0.337 e.